The smallest absolute Gasteiger partial charge is 0.259 e. The van der Waals surface area contributed by atoms with E-state index < -0.39 is 6.10 Å². The molecule has 0 saturated carbocycles. The molecule has 0 radical (unpaired) electrons. The predicted octanol–water partition coefficient (Wildman–Crippen LogP) is 1.49. The van der Waals surface area contributed by atoms with Crippen molar-refractivity contribution in [3.05, 3.63) is 29.8 Å². The Morgan fingerprint density at radius 2 is 2.20 bits per heavy atom. The summed E-state index contributed by atoms with van der Waals surface area (Å²) in [6.07, 6.45) is 2.67. The van der Waals surface area contributed by atoms with Crippen LogP contribution in [0, 0.1) is 6.92 Å². The molecule has 0 aromatic carbocycles. The van der Waals surface area contributed by atoms with Gasteiger partial charge in [-0.2, -0.15) is 4.98 Å². The van der Waals surface area contributed by atoms with Crippen LogP contribution in [0.4, 0.5) is 0 Å². The third-order valence-corrected chi connectivity index (χ3v) is 1.94. The lowest BCUT2D eigenvalue weighted by Crippen LogP contribution is -1.93. The standard InChI is InChI=1S/C10H11N3O2/c1-6-3-8(5-11-4-6)10-12-9(7(2)14)13-15-10/h3-5,7,14H,1-2H3. The highest BCUT2D eigenvalue weighted by molar-refractivity contribution is 5.51. The number of aryl methyl sites for hydroxylation is 1. The average molecular weight is 205 g/mol. The van der Waals surface area contributed by atoms with Gasteiger partial charge in [0.05, 0.1) is 5.56 Å². The molecule has 0 aliphatic carbocycles. The van der Waals surface area contributed by atoms with E-state index in [0.29, 0.717) is 5.89 Å². The van der Waals surface area contributed by atoms with Gasteiger partial charge in [-0.15, -0.1) is 0 Å². The Balaban J connectivity index is 2.37. The zero-order chi connectivity index (χ0) is 10.8. The fourth-order valence-corrected chi connectivity index (χ4v) is 1.19. The Morgan fingerprint density at radius 3 is 2.80 bits per heavy atom. The minimum Gasteiger partial charge on any atom is -0.385 e. The molecule has 0 bridgehead atoms. The van der Waals surface area contributed by atoms with Crippen LogP contribution in [0.1, 0.15) is 24.4 Å². The number of hydrogen-bond acceptors (Lipinski definition) is 5. The number of rotatable bonds is 2. The zero-order valence-corrected chi connectivity index (χ0v) is 8.51. The highest BCUT2D eigenvalue weighted by Gasteiger charge is 2.12. The molecule has 1 N–H and O–H groups in total. The molecule has 0 aliphatic heterocycles. The number of pyridine rings is 1. The van der Waals surface area contributed by atoms with E-state index in [9.17, 15) is 5.11 Å². The van der Waals surface area contributed by atoms with E-state index >= 15 is 0 Å². The lowest BCUT2D eigenvalue weighted by atomic mass is 10.2. The van der Waals surface area contributed by atoms with Crippen molar-refractivity contribution in [2.24, 2.45) is 0 Å². The maximum atomic E-state index is 9.24. The first-order valence-corrected chi connectivity index (χ1v) is 4.60. The van der Waals surface area contributed by atoms with Gasteiger partial charge in [0.1, 0.15) is 6.10 Å². The molecule has 2 aromatic heterocycles. The SMILES string of the molecule is Cc1cncc(-c2nc(C(C)O)no2)c1. The van der Waals surface area contributed by atoms with Gasteiger partial charge in [-0.1, -0.05) is 5.16 Å². The molecule has 0 amide bonds. The van der Waals surface area contributed by atoms with Gasteiger partial charge < -0.3 is 9.63 Å². The second-order valence-electron chi connectivity index (χ2n) is 3.38. The van der Waals surface area contributed by atoms with Gasteiger partial charge in [0.2, 0.25) is 0 Å². The van der Waals surface area contributed by atoms with Crippen molar-refractivity contribution in [3.8, 4) is 11.5 Å². The molecule has 1 atom stereocenters. The monoisotopic (exact) mass is 205 g/mol. The van der Waals surface area contributed by atoms with E-state index in [1.165, 1.54) is 0 Å². The Kier molecular flexibility index (Phi) is 2.47. The molecular formula is C10H11N3O2. The van der Waals surface area contributed by atoms with Crippen molar-refractivity contribution in [3.63, 3.8) is 0 Å². The molecule has 5 nitrogen and oxygen atoms in total. The first-order chi connectivity index (χ1) is 7.16. The summed E-state index contributed by atoms with van der Waals surface area (Å²) in [6, 6.07) is 1.90. The maximum absolute atomic E-state index is 9.24. The van der Waals surface area contributed by atoms with Crippen LogP contribution in [0.3, 0.4) is 0 Å². The highest BCUT2D eigenvalue weighted by atomic mass is 16.5. The van der Waals surface area contributed by atoms with Crippen LogP contribution in [-0.2, 0) is 0 Å². The number of hydrogen-bond donors (Lipinski definition) is 1. The van der Waals surface area contributed by atoms with Crippen molar-refractivity contribution in [1.82, 2.24) is 15.1 Å². The summed E-state index contributed by atoms with van der Waals surface area (Å²) >= 11 is 0. The second-order valence-corrected chi connectivity index (χ2v) is 3.38. The van der Waals surface area contributed by atoms with Gasteiger partial charge in [-0.3, -0.25) is 4.98 Å². The van der Waals surface area contributed by atoms with E-state index in [4.69, 9.17) is 4.52 Å². The van der Waals surface area contributed by atoms with Crippen molar-refractivity contribution in [1.29, 1.82) is 0 Å². The Labute approximate surface area is 86.8 Å². The Hall–Kier alpha value is -1.75. The molecule has 78 valence electrons. The van der Waals surface area contributed by atoms with Crippen LogP contribution in [0.25, 0.3) is 11.5 Å². The fraction of sp³-hybridized carbons (Fsp3) is 0.300. The molecule has 2 rings (SSSR count). The summed E-state index contributed by atoms with van der Waals surface area (Å²) in [4.78, 5) is 8.08. The normalized spacial score (nSPS) is 12.7. The van der Waals surface area contributed by atoms with Gasteiger partial charge in [0.25, 0.3) is 5.89 Å². The molecule has 2 heterocycles. The topological polar surface area (TPSA) is 72.0 Å². The largest absolute Gasteiger partial charge is 0.385 e. The zero-order valence-electron chi connectivity index (χ0n) is 8.51. The van der Waals surface area contributed by atoms with Gasteiger partial charge >= 0.3 is 0 Å². The van der Waals surface area contributed by atoms with E-state index in [1.54, 1.807) is 19.3 Å². The van der Waals surface area contributed by atoms with E-state index in [-0.39, 0.29) is 5.82 Å². The minimum absolute atomic E-state index is 0.284. The number of aliphatic hydroxyl groups excluding tert-OH is 1. The molecular weight excluding hydrogens is 194 g/mol. The molecule has 15 heavy (non-hydrogen) atoms. The van der Waals surface area contributed by atoms with Crippen molar-refractivity contribution in [2.45, 2.75) is 20.0 Å². The quantitative estimate of drug-likeness (QED) is 0.804. The van der Waals surface area contributed by atoms with E-state index in [1.807, 2.05) is 13.0 Å². The van der Waals surface area contributed by atoms with E-state index in [0.717, 1.165) is 11.1 Å². The van der Waals surface area contributed by atoms with Crippen molar-refractivity contribution in [2.75, 3.05) is 0 Å². The van der Waals surface area contributed by atoms with Crippen LogP contribution in [-0.4, -0.2) is 20.2 Å². The first-order valence-electron chi connectivity index (χ1n) is 4.60. The molecule has 0 fully saturated rings. The summed E-state index contributed by atoms with van der Waals surface area (Å²) in [5.41, 5.74) is 1.78. The summed E-state index contributed by atoms with van der Waals surface area (Å²) in [7, 11) is 0. The van der Waals surface area contributed by atoms with Crippen LogP contribution < -0.4 is 0 Å². The summed E-state index contributed by atoms with van der Waals surface area (Å²) in [6.45, 7) is 3.52. The lowest BCUT2D eigenvalue weighted by Gasteiger charge is -1.95. The molecule has 0 saturated heterocycles. The van der Waals surface area contributed by atoms with Crippen LogP contribution in [0.5, 0.6) is 0 Å². The van der Waals surface area contributed by atoms with E-state index in [2.05, 4.69) is 15.1 Å². The highest BCUT2D eigenvalue weighted by Crippen LogP contribution is 2.18. The third-order valence-electron chi connectivity index (χ3n) is 1.94. The minimum atomic E-state index is -0.722. The number of nitrogens with zero attached hydrogens (tertiary/aromatic N) is 3. The van der Waals surface area contributed by atoms with Crippen LogP contribution in [0.15, 0.2) is 23.0 Å². The first kappa shape index (κ1) is 9.79. The average Bonchev–Trinajstić information content (AvgIpc) is 2.66. The van der Waals surface area contributed by atoms with Gasteiger partial charge in [0.15, 0.2) is 5.82 Å². The second kappa shape index (κ2) is 3.78. The summed E-state index contributed by atoms with van der Waals surface area (Å²) in [5, 5.41) is 12.9. The van der Waals surface area contributed by atoms with Crippen molar-refractivity contribution >= 4 is 0 Å². The van der Waals surface area contributed by atoms with Crippen LogP contribution in [0.2, 0.25) is 0 Å². The van der Waals surface area contributed by atoms with Gasteiger partial charge in [-0.05, 0) is 25.5 Å². The van der Waals surface area contributed by atoms with Gasteiger partial charge in [-0.25, -0.2) is 0 Å². The summed E-state index contributed by atoms with van der Waals surface area (Å²) < 4.78 is 5.01. The number of aromatic nitrogens is 3. The molecule has 0 aliphatic rings. The number of aliphatic hydroxyl groups is 1. The maximum Gasteiger partial charge on any atom is 0.259 e. The summed E-state index contributed by atoms with van der Waals surface area (Å²) in [5.74, 6) is 0.661. The van der Waals surface area contributed by atoms with Crippen LogP contribution >= 0.6 is 0 Å². The third kappa shape index (κ3) is 2.02. The molecule has 0 spiro atoms. The van der Waals surface area contributed by atoms with Gasteiger partial charge in [0, 0.05) is 12.4 Å². The van der Waals surface area contributed by atoms with Crippen molar-refractivity contribution < 1.29 is 9.63 Å². The molecule has 5 heteroatoms. The Bertz CT molecular complexity index is 465. The predicted molar refractivity (Wildman–Crippen MR) is 52.9 cm³/mol. The lowest BCUT2D eigenvalue weighted by molar-refractivity contribution is 0.184. The molecule has 1 unspecified atom stereocenters. The fourth-order valence-electron chi connectivity index (χ4n) is 1.19. The Morgan fingerprint density at radius 1 is 1.40 bits per heavy atom. The molecule has 2 aromatic rings.